The summed E-state index contributed by atoms with van der Waals surface area (Å²) in [5.41, 5.74) is -1.47. The van der Waals surface area contributed by atoms with Crippen LogP contribution in [0.2, 0.25) is 0 Å². The number of aliphatic carboxylic acids is 1. The molecule has 0 spiro atoms. The summed E-state index contributed by atoms with van der Waals surface area (Å²) in [5.74, 6) is -1.02. The van der Waals surface area contributed by atoms with Gasteiger partial charge in [0, 0.05) is 30.6 Å². The third-order valence-corrected chi connectivity index (χ3v) is 3.61. The average Bonchev–Trinajstić information content (AvgIpc) is 2.85. The Kier molecular flexibility index (Phi) is 5.90. The van der Waals surface area contributed by atoms with Crippen molar-refractivity contribution in [2.75, 3.05) is 13.1 Å². The van der Waals surface area contributed by atoms with Crippen molar-refractivity contribution in [3.05, 3.63) is 16.6 Å². The van der Waals surface area contributed by atoms with E-state index in [9.17, 15) is 14.7 Å². The van der Waals surface area contributed by atoms with E-state index in [0.717, 1.165) is 5.01 Å². The lowest BCUT2D eigenvalue weighted by atomic mass is 10.0. The van der Waals surface area contributed by atoms with Gasteiger partial charge in [0.1, 0.15) is 0 Å². The molecular formula is C12H19N3O4S. The van der Waals surface area contributed by atoms with Crippen LogP contribution in [0, 0.1) is 0 Å². The zero-order valence-corrected chi connectivity index (χ0v) is 12.2. The van der Waals surface area contributed by atoms with Crippen molar-refractivity contribution in [1.29, 1.82) is 0 Å². The zero-order chi connectivity index (χ0) is 15.2. The van der Waals surface area contributed by atoms with Crippen molar-refractivity contribution >= 4 is 23.3 Å². The van der Waals surface area contributed by atoms with Gasteiger partial charge < -0.3 is 20.8 Å². The van der Waals surface area contributed by atoms with E-state index < -0.39 is 24.0 Å². The fourth-order valence-electron chi connectivity index (χ4n) is 1.53. The van der Waals surface area contributed by atoms with Gasteiger partial charge in [-0.15, -0.1) is 11.3 Å². The van der Waals surface area contributed by atoms with Crippen molar-refractivity contribution in [3.8, 4) is 0 Å². The molecule has 0 saturated heterocycles. The molecule has 0 aliphatic carbocycles. The molecule has 0 aliphatic rings. The molecule has 2 atom stereocenters. The summed E-state index contributed by atoms with van der Waals surface area (Å²) >= 11 is 1.52. The Morgan fingerprint density at radius 1 is 1.50 bits per heavy atom. The summed E-state index contributed by atoms with van der Waals surface area (Å²) in [7, 11) is 0. The quantitative estimate of drug-likeness (QED) is 0.594. The Morgan fingerprint density at radius 2 is 2.20 bits per heavy atom. The largest absolute Gasteiger partial charge is 0.481 e. The van der Waals surface area contributed by atoms with Gasteiger partial charge in [-0.3, -0.25) is 4.79 Å². The lowest BCUT2D eigenvalue weighted by molar-refractivity contribution is -0.141. The molecule has 1 aromatic rings. The van der Waals surface area contributed by atoms with Gasteiger partial charge in [-0.25, -0.2) is 9.78 Å². The number of thiazole rings is 1. The van der Waals surface area contributed by atoms with Crippen molar-refractivity contribution in [2.45, 2.75) is 31.8 Å². The number of urea groups is 1. The van der Waals surface area contributed by atoms with Crippen molar-refractivity contribution < 1.29 is 19.8 Å². The topological polar surface area (TPSA) is 112 Å². The number of rotatable bonds is 7. The van der Waals surface area contributed by atoms with Crippen LogP contribution in [0.25, 0.3) is 0 Å². The molecule has 2 unspecified atom stereocenters. The second-order valence-corrected chi connectivity index (χ2v) is 5.83. The number of carbonyl (C=O) groups is 2. The highest BCUT2D eigenvalue weighted by molar-refractivity contribution is 7.09. The third-order valence-electron chi connectivity index (χ3n) is 2.60. The van der Waals surface area contributed by atoms with Crippen molar-refractivity contribution in [2.24, 2.45) is 0 Å². The van der Waals surface area contributed by atoms with Crippen LogP contribution in [0.1, 0.15) is 31.2 Å². The Labute approximate surface area is 121 Å². The van der Waals surface area contributed by atoms with Gasteiger partial charge in [0.15, 0.2) is 0 Å². The van der Waals surface area contributed by atoms with E-state index in [-0.39, 0.29) is 12.5 Å². The highest BCUT2D eigenvalue weighted by Gasteiger charge is 2.24. The maximum absolute atomic E-state index is 11.6. The molecular weight excluding hydrogens is 282 g/mol. The number of hydrogen-bond donors (Lipinski definition) is 4. The molecule has 20 heavy (non-hydrogen) atoms. The summed E-state index contributed by atoms with van der Waals surface area (Å²) in [6, 6.07) is -0.445. The van der Waals surface area contributed by atoms with E-state index in [0.29, 0.717) is 6.54 Å². The average molecular weight is 301 g/mol. The maximum atomic E-state index is 11.6. The number of hydrogen-bond acceptors (Lipinski definition) is 5. The van der Waals surface area contributed by atoms with Crippen LogP contribution < -0.4 is 10.6 Å². The Morgan fingerprint density at radius 3 is 2.75 bits per heavy atom. The van der Waals surface area contributed by atoms with Crippen LogP contribution in [0.5, 0.6) is 0 Å². The fraction of sp³-hybridized carbons (Fsp3) is 0.583. The van der Waals surface area contributed by atoms with Gasteiger partial charge in [0.2, 0.25) is 0 Å². The molecule has 7 nitrogen and oxygen atoms in total. The predicted molar refractivity (Wildman–Crippen MR) is 74.8 cm³/mol. The highest BCUT2D eigenvalue weighted by atomic mass is 32.1. The molecule has 0 aliphatic heterocycles. The summed E-state index contributed by atoms with van der Waals surface area (Å²) < 4.78 is 0. The van der Waals surface area contributed by atoms with E-state index in [2.05, 4.69) is 15.6 Å². The summed E-state index contributed by atoms with van der Waals surface area (Å²) in [5, 5.41) is 26.2. The van der Waals surface area contributed by atoms with Crippen LogP contribution in [-0.4, -0.2) is 45.9 Å². The van der Waals surface area contributed by atoms with Gasteiger partial charge in [-0.2, -0.15) is 0 Å². The minimum atomic E-state index is -1.47. The van der Waals surface area contributed by atoms with E-state index in [1.165, 1.54) is 18.3 Å². The maximum Gasteiger partial charge on any atom is 0.314 e. The number of nitrogens with zero attached hydrogens (tertiary/aromatic N) is 1. The zero-order valence-electron chi connectivity index (χ0n) is 11.4. The van der Waals surface area contributed by atoms with Crippen LogP contribution in [0.3, 0.4) is 0 Å². The smallest absolute Gasteiger partial charge is 0.314 e. The van der Waals surface area contributed by atoms with Gasteiger partial charge in [0.05, 0.1) is 17.0 Å². The van der Waals surface area contributed by atoms with E-state index in [4.69, 9.17) is 5.11 Å². The summed E-state index contributed by atoms with van der Waals surface area (Å²) in [6.45, 7) is 3.59. The van der Waals surface area contributed by atoms with E-state index in [1.807, 2.05) is 12.3 Å². The van der Waals surface area contributed by atoms with Crippen LogP contribution >= 0.6 is 11.3 Å². The molecule has 1 heterocycles. The van der Waals surface area contributed by atoms with Gasteiger partial charge >= 0.3 is 12.0 Å². The summed E-state index contributed by atoms with van der Waals surface area (Å²) in [4.78, 5) is 26.2. The first-order valence-electron chi connectivity index (χ1n) is 6.15. The molecule has 2 amide bonds. The second kappa shape index (κ2) is 7.20. The van der Waals surface area contributed by atoms with Gasteiger partial charge in [0.25, 0.3) is 0 Å². The first-order valence-corrected chi connectivity index (χ1v) is 7.03. The van der Waals surface area contributed by atoms with Crippen LogP contribution in [0.15, 0.2) is 11.6 Å². The molecule has 1 rings (SSSR count). The monoisotopic (exact) mass is 301 g/mol. The lowest BCUT2D eigenvalue weighted by Crippen LogP contribution is -2.46. The molecule has 112 valence electrons. The van der Waals surface area contributed by atoms with Crippen LogP contribution in [0.4, 0.5) is 4.79 Å². The van der Waals surface area contributed by atoms with Crippen molar-refractivity contribution in [3.63, 3.8) is 0 Å². The number of aromatic nitrogens is 1. The molecule has 1 aromatic heterocycles. The Hall–Kier alpha value is -1.67. The predicted octanol–water partition coefficient (Wildman–Crippen LogP) is 0.771. The van der Waals surface area contributed by atoms with Gasteiger partial charge in [-0.1, -0.05) is 6.92 Å². The summed E-state index contributed by atoms with van der Waals surface area (Å²) in [6.07, 6.45) is 1.28. The number of carbonyl (C=O) groups excluding carboxylic acids is 1. The normalized spacial score (nSPS) is 15.2. The second-order valence-electron chi connectivity index (χ2n) is 4.90. The van der Waals surface area contributed by atoms with Crippen LogP contribution in [-0.2, 0) is 4.79 Å². The first kappa shape index (κ1) is 16.4. The minimum absolute atomic E-state index is 0.0975. The fourth-order valence-corrected chi connectivity index (χ4v) is 2.23. The molecule has 0 aromatic carbocycles. The number of nitrogens with one attached hydrogen (secondary N) is 2. The van der Waals surface area contributed by atoms with E-state index in [1.54, 1.807) is 6.20 Å². The molecule has 0 fully saturated rings. The number of carboxylic acid groups (broad SMARTS) is 1. The third kappa shape index (κ3) is 5.98. The number of aliphatic hydroxyl groups is 1. The number of carboxylic acids is 1. The van der Waals surface area contributed by atoms with Crippen molar-refractivity contribution in [1.82, 2.24) is 15.6 Å². The molecule has 4 N–H and O–H groups in total. The molecule has 0 bridgehead atoms. The Bertz CT molecular complexity index is 448. The molecule has 8 heteroatoms. The SMILES string of the molecule is CC(CNC(=O)NCC(C)(O)CC(=O)O)c1nccs1. The first-order chi connectivity index (χ1) is 9.30. The lowest BCUT2D eigenvalue weighted by Gasteiger charge is -2.21. The van der Waals surface area contributed by atoms with Gasteiger partial charge in [-0.05, 0) is 6.92 Å². The molecule has 0 radical (unpaired) electrons. The standard InChI is InChI=1S/C12H19N3O4S/c1-8(10-13-3-4-20-10)6-14-11(18)15-7-12(2,19)5-9(16)17/h3-4,8,19H,5-7H2,1-2H3,(H,16,17)(H2,14,15,18). The minimum Gasteiger partial charge on any atom is -0.481 e. The highest BCUT2D eigenvalue weighted by Crippen LogP contribution is 2.16. The van der Waals surface area contributed by atoms with E-state index >= 15 is 0 Å². The molecule has 0 saturated carbocycles. The Balaban J connectivity index is 2.28. The number of amides is 2.